The number of benzene rings is 6. The predicted octanol–water partition coefficient (Wildman–Crippen LogP) is 17.5. The van der Waals surface area contributed by atoms with E-state index in [0.29, 0.717) is 61.8 Å². The Morgan fingerprint density at radius 3 is 1.15 bits per heavy atom. The van der Waals surface area contributed by atoms with Crippen LogP contribution in [0.3, 0.4) is 0 Å². The van der Waals surface area contributed by atoms with Crippen molar-refractivity contribution in [1.29, 1.82) is 0 Å². The first-order chi connectivity index (χ1) is 58.0. The summed E-state index contributed by atoms with van der Waals surface area (Å²) >= 11 is 6.38. The van der Waals surface area contributed by atoms with E-state index >= 15 is 0 Å². The number of pyridine rings is 4. The summed E-state index contributed by atoms with van der Waals surface area (Å²) in [6.45, 7) is 16.3. The van der Waals surface area contributed by atoms with Crippen molar-refractivity contribution in [2.24, 2.45) is 0 Å². The fourth-order valence-electron chi connectivity index (χ4n) is 16.5. The quantitative estimate of drug-likeness (QED) is 0.0420. The Bertz CT molecular complexity index is 7080. The Balaban J connectivity index is 0.000000114. The first-order valence-electron chi connectivity index (χ1n) is 40.0. The first kappa shape index (κ1) is 77.4. The summed E-state index contributed by atoms with van der Waals surface area (Å²) < 4.78 is 7.55. The second-order valence-corrected chi connectivity index (χ2v) is 30.8. The molecule has 0 radical (unpaired) electrons. The lowest BCUT2D eigenvalue weighted by molar-refractivity contribution is 0.298. The molecule has 8 N–H and O–H groups in total. The van der Waals surface area contributed by atoms with Crippen molar-refractivity contribution in [2.45, 2.75) is 143 Å². The van der Waals surface area contributed by atoms with Gasteiger partial charge in [-0.2, -0.15) is 0 Å². The molecule has 0 amide bonds. The van der Waals surface area contributed by atoms with Gasteiger partial charge in [0.15, 0.2) is 45.9 Å². The molecule has 119 heavy (non-hydrogen) atoms. The monoisotopic (exact) mass is 1600 g/mol. The van der Waals surface area contributed by atoms with E-state index in [2.05, 4.69) is 140 Å². The number of aryl methyl sites for hydroxylation is 4. The highest BCUT2D eigenvalue weighted by molar-refractivity contribution is 6.35. The molecule has 4 unspecified atom stereocenters. The predicted molar refractivity (Wildman–Crippen MR) is 469 cm³/mol. The lowest BCUT2D eigenvalue weighted by atomic mass is 9.91. The third-order valence-electron chi connectivity index (χ3n) is 22.7. The normalized spacial score (nSPS) is 14.0. The van der Waals surface area contributed by atoms with Crippen LogP contribution < -0.4 is 43.5 Å². The minimum atomic E-state index is -0.248. The van der Waals surface area contributed by atoms with Gasteiger partial charge >= 0.3 is 0 Å². The number of rotatable bonds is 17. The largest absolute Gasteiger partial charge is 0.360 e. The van der Waals surface area contributed by atoms with Gasteiger partial charge in [0.25, 0.3) is 22.2 Å². The van der Waals surface area contributed by atoms with Crippen LogP contribution in [0.1, 0.15) is 160 Å². The third-order valence-corrected chi connectivity index (χ3v) is 23.1. The molecule has 29 heteroatoms. The van der Waals surface area contributed by atoms with E-state index in [1.54, 1.807) is 35.9 Å². The average Bonchev–Trinajstić information content (AvgIpc) is 1.75. The molecule has 0 saturated heterocycles. The fraction of sp³-hybridized carbons (Fsp3) is 0.244. The molecule has 0 aliphatic heterocycles. The van der Waals surface area contributed by atoms with Crippen LogP contribution in [-0.4, -0.2) is 98.0 Å². The SMILES string of the molecule is CC(Nc1ncnc2nc[nH]c12)c1cc2cccc(Cl)c2c(=O)n1-c1ccccc1.CCC(Nc1ncnc2nc[nH]c12)c1cc2cccc(C)c2c(=O)n1-c1ccc(C)cc1.Cc1cccc2cc(C(C)Nc3ncnc4nc[nH]c34)n(C3CCC3)c(=O)c12.Cc1cccc2cc(C(C)Nc3ncnc4nc[nH]c34)n(C3CCCC3)c(=O)c12. The molecule has 12 aromatic heterocycles. The number of fused-ring (bicyclic) bond motifs is 8. The minimum absolute atomic E-state index is 0.0194. The lowest BCUT2D eigenvalue weighted by Gasteiger charge is -2.32. The number of halogens is 1. The maximum Gasteiger partial charge on any atom is 0.264 e. The molecule has 12 heterocycles. The van der Waals surface area contributed by atoms with Crippen molar-refractivity contribution < 1.29 is 0 Å². The van der Waals surface area contributed by atoms with Crippen LogP contribution >= 0.6 is 11.6 Å². The lowest BCUT2D eigenvalue weighted by Crippen LogP contribution is -2.33. The Kier molecular flexibility index (Phi) is 21.6. The van der Waals surface area contributed by atoms with Gasteiger partial charge in [0.05, 0.1) is 76.0 Å². The number of H-pyrrole nitrogens is 4. The topological polar surface area (TPSA) is 354 Å². The van der Waals surface area contributed by atoms with E-state index in [-0.39, 0.29) is 58.5 Å². The van der Waals surface area contributed by atoms with Crippen LogP contribution in [0.25, 0.3) is 99.1 Å². The second kappa shape index (κ2) is 33.2. The number of imidazole rings is 4. The van der Waals surface area contributed by atoms with E-state index in [0.717, 1.165) is 143 Å². The number of hydrogen-bond acceptors (Lipinski definition) is 20. The molecule has 0 spiro atoms. The maximum absolute atomic E-state index is 13.8. The summed E-state index contributed by atoms with van der Waals surface area (Å²) in [4.78, 5) is 118. The van der Waals surface area contributed by atoms with Gasteiger partial charge in [0, 0.05) is 46.2 Å². The summed E-state index contributed by atoms with van der Waals surface area (Å²) in [6, 6.07) is 49.4. The van der Waals surface area contributed by atoms with Crippen molar-refractivity contribution in [3.8, 4) is 11.4 Å². The van der Waals surface area contributed by atoms with E-state index < -0.39 is 0 Å². The summed E-state index contributed by atoms with van der Waals surface area (Å²) in [7, 11) is 0. The van der Waals surface area contributed by atoms with Crippen LogP contribution in [-0.2, 0) is 0 Å². The Hall–Kier alpha value is -14.2. The average molecular weight is 1600 g/mol. The molecular formula is C90H87ClN24O4. The van der Waals surface area contributed by atoms with Gasteiger partial charge in [-0.25, -0.2) is 59.8 Å². The Morgan fingerprint density at radius 1 is 0.378 bits per heavy atom. The Morgan fingerprint density at radius 2 is 0.731 bits per heavy atom. The van der Waals surface area contributed by atoms with Crippen molar-refractivity contribution in [3.63, 3.8) is 0 Å². The van der Waals surface area contributed by atoms with Gasteiger partial charge in [0.1, 0.15) is 47.4 Å². The highest BCUT2D eigenvalue weighted by Crippen LogP contribution is 2.38. The van der Waals surface area contributed by atoms with E-state index in [9.17, 15) is 19.2 Å². The number of anilines is 4. The number of nitrogens with one attached hydrogen (secondary N) is 8. The number of aromatic nitrogens is 20. The van der Waals surface area contributed by atoms with Gasteiger partial charge in [-0.3, -0.25) is 28.3 Å². The van der Waals surface area contributed by atoms with Gasteiger partial charge in [0.2, 0.25) is 0 Å². The summed E-state index contributed by atoms with van der Waals surface area (Å²) in [5.41, 5.74) is 14.9. The maximum atomic E-state index is 13.8. The molecular weight excluding hydrogens is 1520 g/mol. The van der Waals surface area contributed by atoms with Crippen LogP contribution in [0.2, 0.25) is 5.02 Å². The molecule has 6 aromatic carbocycles. The third kappa shape index (κ3) is 15.1. The van der Waals surface area contributed by atoms with Crippen LogP contribution in [0.15, 0.2) is 221 Å². The molecule has 28 nitrogen and oxygen atoms in total. The van der Waals surface area contributed by atoms with Crippen LogP contribution in [0, 0.1) is 27.7 Å². The molecule has 2 fully saturated rings. The van der Waals surface area contributed by atoms with Crippen molar-refractivity contribution in [1.82, 2.24) is 98.0 Å². The molecule has 2 aliphatic carbocycles. The molecule has 0 bridgehead atoms. The van der Waals surface area contributed by atoms with Crippen molar-refractivity contribution >= 4 is 123 Å². The summed E-state index contributed by atoms with van der Waals surface area (Å²) in [6.07, 6.45) is 20.8. The highest BCUT2D eigenvalue weighted by Gasteiger charge is 2.30. The number of nitrogens with zero attached hydrogens (tertiary/aromatic N) is 16. The minimum Gasteiger partial charge on any atom is -0.360 e. The molecule has 18 aromatic rings. The molecule has 20 rings (SSSR count). The zero-order valence-electron chi connectivity index (χ0n) is 66.8. The molecule has 2 aliphatic rings. The van der Waals surface area contributed by atoms with Gasteiger partial charge < -0.3 is 50.3 Å². The zero-order valence-corrected chi connectivity index (χ0v) is 67.6. The standard InChI is InChI=1S/C25H24N6O.C22H17ClN6O.C22H24N6O.C21H22N6O/c1-4-19(30-24-22-23(27-13-26-22)28-14-29-24)20-12-17-7-5-6-16(3)21(17)25(32)31(20)18-10-8-15(2)9-11-18;1-13(28-21-19-20(25-11-24-19)26-12-27-21)17-10-14-6-5-9-16(23)18(14)22(30)29(17)15-7-3-2-4-8-15;1-13-6-5-7-15-10-17(28(22(29)18(13)15)16-8-3-4-9-16)14(2)27-21-19-20(24-11-23-19)25-12-26-21;1-12-5-3-6-14-9-16(27(15-7-4-8-15)21(28)17(12)14)13(2)26-20-18-19(23-10-22-18)24-11-25-20/h5-14,19H,4H2,1-3H3,(H2,26,27,28,29,30);2-13H,1H3,(H2,24,25,26,27,28);5-7,10-12,14,16H,3-4,8-9H2,1-2H3,(H2,23,24,25,26,27);3,5-6,9-11,13,15H,4,7-8H2,1-2H3,(H2,22,23,24,25,26). The molecule has 4 atom stereocenters. The van der Waals surface area contributed by atoms with Gasteiger partial charge in [-0.15, -0.1) is 0 Å². The smallest absolute Gasteiger partial charge is 0.264 e. The van der Waals surface area contributed by atoms with Gasteiger partial charge in [-0.05, 0) is 180 Å². The highest BCUT2D eigenvalue weighted by atomic mass is 35.5. The fourth-order valence-corrected chi connectivity index (χ4v) is 16.8. The summed E-state index contributed by atoms with van der Waals surface area (Å²) in [5.74, 6) is 2.65. The number of para-hydroxylation sites is 1. The summed E-state index contributed by atoms with van der Waals surface area (Å²) in [5, 5.41) is 20.9. The van der Waals surface area contributed by atoms with E-state index in [1.807, 2.05) is 176 Å². The van der Waals surface area contributed by atoms with Crippen molar-refractivity contribution in [2.75, 3.05) is 21.3 Å². The zero-order chi connectivity index (χ0) is 82.1. The second-order valence-electron chi connectivity index (χ2n) is 30.4. The Labute approximate surface area is 686 Å². The van der Waals surface area contributed by atoms with Crippen LogP contribution in [0.5, 0.6) is 0 Å². The van der Waals surface area contributed by atoms with Crippen molar-refractivity contribution in [3.05, 3.63) is 294 Å². The van der Waals surface area contributed by atoms with E-state index in [1.165, 1.54) is 44.6 Å². The van der Waals surface area contributed by atoms with Gasteiger partial charge in [-0.1, -0.05) is 134 Å². The molecule has 598 valence electrons. The first-order valence-corrected chi connectivity index (χ1v) is 40.4. The molecule has 2 saturated carbocycles. The van der Waals surface area contributed by atoms with E-state index in [4.69, 9.17) is 11.6 Å². The number of aromatic amines is 4. The van der Waals surface area contributed by atoms with Crippen LogP contribution in [0.4, 0.5) is 23.3 Å². The number of hydrogen-bond donors (Lipinski definition) is 8.